The van der Waals surface area contributed by atoms with Crippen LogP contribution in [0.3, 0.4) is 0 Å². The van der Waals surface area contributed by atoms with Gasteiger partial charge in [-0.2, -0.15) is 0 Å². The van der Waals surface area contributed by atoms with E-state index in [9.17, 15) is 18.7 Å². The summed E-state index contributed by atoms with van der Waals surface area (Å²) in [6.45, 7) is -0.296. The van der Waals surface area contributed by atoms with Crippen LogP contribution in [0.4, 0.5) is 8.78 Å². The zero-order chi connectivity index (χ0) is 17.8. The van der Waals surface area contributed by atoms with E-state index in [2.05, 4.69) is 5.32 Å². The summed E-state index contributed by atoms with van der Waals surface area (Å²) in [6, 6.07) is 15.7. The van der Waals surface area contributed by atoms with Crippen molar-refractivity contribution >= 4 is 16.7 Å². The van der Waals surface area contributed by atoms with Crippen molar-refractivity contribution in [2.45, 2.75) is 12.5 Å². The molecule has 128 valence electrons. The molecule has 3 aromatic rings. The number of carbonyl (C=O) groups excluding carboxylic acids is 1. The standard InChI is InChI=1S/C20H17F2NO2/c21-17-7-8-18(22)16(10-17)11-20(25)23-19(12-24)15-6-5-13-3-1-2-4-14(13)9-15/h1-10,19,24H,11-12H2,(H,23,25)/t19-/m0/s1. The molecule has 0 radical (unpaired) electrons. The van der Waals surface area contributed by atoms with E-state index in [1.165, 1.54) is 0 Å². The maximum Gasteiger partial charge on any atom is 0.225 e. The summed E-state index contributed by atoms with van der Waals surface area (Å²) in [4.78, 5) is 12.2. The number of aliphatic hydroxyl groups excluding tert-OH is 1. The second-order valence-corrected chi connectivity index (χ2v) is 5.82. The fourth-order valence-corrected chi connectivity index (χ4v) is 2.76. The zero-order valence-electron chi connectivity index (χ0n) is 13.4. The molecular formula is C20H17F2NO2. The third kappa shape index (κ3) is 4.00. The Hall–Kier alpha value is -2.79. The summed E-state index contributed by atoms with van der Waals surface area (Å²) in [7, 11) is 0. The van der Waals surface area contributed by atoms with Crippen LogP contribution in [0.5, 0.6) is 0 Å². The average Bonchev–Trinajstić information content (AvgIpc) is 2.62. The van der Waals surface area contributed by atoms with Crippen molar-refractivity contribution < 1.29 is 18.7 Å². The third-order valence-corrected chi connectivity index (χ3v) is 4.05. The molecule has 2 N–H and O–H groups in total. The summed E-state index contributed by atoms with van der Waals surface area (Å²) in [5.41, 5.74) is 0.724. The molecule has 0 spiro atoms. The highest BCUT2D eigenvalue weighted by Crippen LogP contribution is 2.20. The number of rotatable bonds is 5. The summed E-state index contributed by atoms with van der Waals surface area (Å²) in [5, 5.41) is 14.3. The first-order valence-electron chi connectivity index (χ1n) is 7.89. The van der Waals surface area contributed by atoms with Gasteiger partial charge in [-0.3, -0.25) is 4.79 Å². The van der Waals surface area contributed by atoms with Crippen LogP contribution < -0.4 is 5.32 Å². The van der Waals surface area contributed by atoms with Gasteiger partial charge in [0.25, 0.3) is 0 Å². The molecule has 0 heterocycles. The summed E-state index contributed by atoms with van der Waals surface area (Å²) in [5.74, 6) is -1.73. The number of carbonyl (C=O) groups is 1. The number of fused-ring (bicyclic) bond motifs is 1. The van der Waals surface area contributed by atoms with Gasteiger partial charge in [0, 0.05) is 5.56 Å². The molecule has 25 heavy (non-hydrogen) atoms. The molecule has 0 aliphatic heterocycles. The van der Waals surface area contributed by atoms with Gasteiger partial charge in [-0.15, -0.1) is 0 Å². The molecule has 0 fully saturated rings. The van der Waals surface area contributed by atoms with E-state index >= 15 is 0 Å². The van der Waals surface area contributed by atoms with Gasteiger partial charge < -0.3 is 10.4 Å². The quantitative estimate of drug-likeness (QED) is 0.746. The van der Waals surface area contributed by atoms with Gasteiger partial charge in [-0.1, -0.05) is 36.4 Å². The first-order valence-corrected chi connectivity index (χ1v) is 7.89. The van der Waals surface area contributed by atoms with E-state index in [1.807, 2.05) is 42.5 Å². The van der Waals surface area contributed by atoms with Crippen LogP contribution in [0.2, 0.25) is 0 Å². The Morgan fingerprint density at radius 1 is 1.00 bits per heavy atom. The van der Waals surface area contributed by atoms with Crippen LogP contribution in [0.15, 0.2) is 60.7 Å². The number of aliphatic hydroxyl groups is 1. The minimum atomic E-state index is -0.636. The number of benzene rings is 3. The van der Waals surface area contributed by atoms with Crippen LogP contribution in [0.25, 0.3) is 10.8 Å². The molecule has 0 saturated carbocycles. The highest BCUT2D eigenvalue weighted by Gasteiger charge is 2.16. The Balaban J connectivity index is 1.76. The fourth-order valence-electron chi connectivity index (χ4n) is 2.76. The van der Waals surface area contributed by atoms with Crippen molar-refractivity contribution in [3.05, 3.63) is 83.4 Å². The van der Waals surface area contributed by atoms with Crippen molar-refractivity contribution in [3.63, 3.8) is 0 Å². The maximum atomic E-state index is 13.7. The summed E-state index contributed by atoms with van der Waals surface area (Å²) >= 11 is 0. The van der Waals surface area contributed by atoms with Gasteiger partial charge in [0.15, 0.2) is 0 Å². The molecule has 3 aromatic carbocycles. The van der Waals surface area contributed by atoms with E-state index in [4.69, 9.17) is 0 Å². The Morgan fingerprint density at radius 2 is 1.76 bits per heavy atom. The minimum Gasteiger partial charge on any atom is -0.394 e. The molecule has 0 unspecified atom stereocenters. The second kappa shape index (κ2) is 7.40. The predicted molar refractivity (Wildman–Crippen MR) is 92.0 cm³/mol. The van der Waals surface area contributed by atoms with E-state index in [0.29, 0.717) is 0 Å². The zero-order valence-corrected chi connectivity index (χ0v) is 13.4. The van der Waals surface area contributed by atoms with Crippen molar-refractivity contribution in [1.29, 1.82) is 0 Å². The largest absolute Gasteiger partial charge is 0.394 e. The number of hydrogen-bond donors (Lipinski definition) is 2. The highest BCUT2D eigenvalue weighted by molar-refractivity contribution is 5.83. The molecule has 3 nitrogen and oxygen atoms in total. The molecular weight excluding hydrogens is 324 g/mol. The highest BCUT2D eigenvalue weighted by atomic mass is 19.1. The Kier molecular flexibility index (Phi) is 5.05. The minimum absolute atomic E-state index is 0.0206. The van der Waals surface area contributed by atoms with Gasteiger partial charge in [0.2, 0.25) is 5.91 Å². The second-order valence-electron chi connectivity index (χ2n) is 5.82. The van der Waals surface area contributed by atoms with E-state index in [1.54, 1.807) is 0 Å². The first kappa shape index (κ1) is 17.0. The van der Waals surface area contributed by atoms with Crippen LogP contribution in [0.1, 0.15) is 17.2 Å². The van der Waals surface area contributed by atoms with E-state index in [0.717, 1.165) is 34.5 Å². The Labute approximate surface area is 143 Å². The Bertz CT molecular complexity index is 911. The maximum absolute atomic E-state index is 13.7. The molecule has 5 heteroatoms. The van der Waals surface area contributed by atoms with Crippen molar-refractivity contribution in [1.82, 2.24) is 5.32 Å². The van der Waals surface area contributed by atoms with Gasteiger partial charge in [-0.25, -0.2) is 8.78 Å². The molecule has 1 amide bonds. The molecule has 0 bridgehead atoms. The van der Waals surface area contributed by atoms with E-state index in [-0.39, 0.29) is 18.6 Å². The van der Waals surface area contributed by atoms with Crippen molar-refractivity contribution in [2.75, 3.05) is 6.61 Å². The normalized spacial score (nSPS) is 12.1. The van der Waals surface area contributed by atoms with Crippen LogP contribution in [0, 0.1) is 11.6 Å². The lowest BCUT2D eigenvalue weighted by atomic mass is 10.0. The SMILES string of the molecule is O=C(Cc1cc(F)ccc1F)N[C@@H](CO)c1ccc2ccccc2c1. The number of amides is 1. The topological polar surface area (TPSA) is 49.3 Å². The lowest BCUT2D eigenvalue weighted by molar-refractivity contribution is -0.121. The fraction of sp³-hybridized carbons (Fsp3) is 0.150. The van der Waals surface area contributed by atoms with Crippen molar-refractivity contribution in [3.8, 4) is 0 Å². The summed E-state index contributed by atoms with van der Waals surface area (Å²) < 4.78 is 26.9. The number of nitrogens with one attached hydrogen (secondary N) is 1. The molecule has 0 aliphatic rings. The lowest BCUT2D eigenvalue weighted by Gasteiger charge is -2.17. The molecule has 1 atom stereocenters. The van der Waals surface area contributed by atoms with Crippen molar-refractivity contribution in [2.24, 2.45) is 0 Å². The van der Waals surface area contributed by atoms with Crippen LogP contribution in [-0.2, 0) is 11.2 Å². The Morgan fingerprint density at radius 3 is 2.52 bits per heavy atom. The van der Waals surface area contributed by atoms with Gasteiger partial charge in [0.1, 0.15) is 11.6 Å². The van der Waals surface area contributed by atoms with Gasteiger partial charge in [0.05, 0.1) is 19.1 Å². The first-order chi connectivity index (χ1) is 12.1. The summed E-state index contributed by atoms with van der Waals surface area (Å²) in [6.07, 6.45) is -0.298. The predicted octanol–water partition coefficient (Wildman–Crippen LogP) is 3.51. The van der Waals surface area contributed by atoms with Crippen LogP contribution >= 0.6 is 0 Å². The molecule has 0 aromatic heterocycles. The van der Waals surface area contributed by atoms with E-state index < -0.39 is 23.6 Å². The molecule has 3 rings (SSSR count). The lowest BCUT2D eigenvalue weighted by Crippen LogP contribution is -2.32. The number of hydrogen-bond acceptors (Lipinski definition) is 2. The molecule has 0 saturated heterocycles. The van der Waals surface area contributed by atoms with Crippen LogP contribution in [-0.4, -0.2) is 17.6 Å². The molecule has 0 aliphatic carbocycles. The monoisotopic (exact) mass is 341 g/mol. The third-order valence-electron chi connectivity index (χ3n) is 4.05. The smallest absolute Gasteiger partial charge is 0.225 e. The van der Waals surface area contributed by atoms with Gasteiger partial charge >= 0.3 is 0 Å². The average molecular weight is 341 g/mol. The van der Waals surface area contributed by atoms with Gasteiger partial charge in [-0.05, 0) is 40.6 Å². The number of halogens is 2.